The lowest BCUT2D eigenvalue weighted by Gasteiger charge is -2.12. The molecule has 1 unspecified atom stereocenters. The fourth-order valence-electron chi connectivity index (χ4n) is 1.56. The zero-order valence-electron chi connectivity index (χ0n) is 11.4. The van der Waals surface area contributed by atoms with Crippen molar-refractivity contribution in [3.8, 4) is 0 Å². The van der Waals surface area contributed by atoms with Crippen LogP contribution in [0.3, 0.4) is 0 Å². The van der Waals surface area contributed by atoms with Gasteiger partial charge in [0.2, 0.25) is 0 Å². The van der Waals surface area contributed by atoms with E-state index < -0.39 is 0 Å². The standard InChI is InChI=1S/C14H28O2/c1-5-6-7-8-9-10-13(4)14(15)16-11-12(2)3/h12-13H,5-11H2,1-4H3. The number of rotatable bonds is 9. The summed E-state index contributed by atoms with van der Waals surface area (Å²) in [5.74, 6) is 0.477. The van der Waals surface area contributed by atoms with Gasteiger partial charge >= 0.3 is 5.97 Å². The van der Waals surface area contributed by atoms with E-state index in [4.69, 9.17) is 4.74 Å². The van der Waals surface area contributed by atoms with Gasteiger partial charge in [0.25, 0.3) is 0 Å². The minimum absolute atomic E-state index is 0.0239. The lowest BCUT2D eigenvalue weighted by molar-refractivity contribution is -0.149. The molecular weight excluding hydrogens is 200 g/mol. The molecule has 0 aromatic heterocycles. The Bertz CT molecular complexity index is 176. The Morgan fingerprint density at radius 1 is 1.06 bits per heavy atom. The maximum absolute atomic E-state index is 11.5. The summed E-state index contributed by atoms with van der Waals surface area (Å²) in [6.07, 6.45) is 7.25. The van der Waals surface area contributed by atoms with E-state index in [0.717, 1.165) is 12.8 Å². The average molecular weight is 228 g/mol. The van der Waals surface area contributed by atoms with Crippen molar-refractivity contribution < 1.29 is 9.53 Å². The number of ether oxygens (including phenoxy) is 1. The van der Waals surface area contributed by atoms with Gasteiger partial charge in [-0.3, -0.25) is 4.79 Å². The molecule has 0 aliphatic rings. The smallest absolute Gasteiger partial charge is 0.308 e. The largest absolute Gasteiger partial charge is 0.465 e. The van der Waals surface area contributed by atoms with Crippen LogP contribution >= 0.6 is 0 Å². The van der Waals surface area contributed by atoms with Crippen molar-refractivity contribution in [1.29, 1.82) is 0 Å². The molecule has 2 heteroatoms. The van der Waals surface area contributed by atoms with Gasteiger partial charge in [0.1, 0.15) is 0 Å². The number of carbonyl (C=O) groups excluding carboxylic acids is 1. The average Bonchev–Trinajstić information content (AvgIpc) is 2.25. The lowest BCUT2D eigenvalue weighted by Crippen LogP contribution is -2.17. The van der Waals surface area contributed by atoms with Crippen molar-refractivity contribution in [3.63, 3.8) is 0 Å². The molecule has 16 heavy (non-hydrogen) atoms. The fourth-order valence-corrected chi connectivity index (χ4v) is 1.56. The summed E-state index contributed by atoms with van der Waals surface area (Å²) in [4.78, 5) is 11.5. The van der Waals surface area contributed by atoms with Gasteiger partial charge in [0, 0.05) is 0 Å². The Morgan fingerprint density at radius 3 is 2.25 bits per heavy atom. The van der Waals surface area contributed by atoms with Crippen LogP contribution < -0.4 is 0 Å². The van der Waals surface area contributed by atoms with E-state index in [1.54, 1.807) is 0 Å². The third-order valence-electron chi connectivity index (χ3n) is 2.70. The molecule has 2 nitrogen and oxygen atoms in total. The molecule has 0 aromatic rings. The molecule has 0 aliphatic heterocycles. The first-order chi connectivity index (χ1) is 7.57. The predicted molar refractivity (Wildman–Crippen MR) is 68.3 cm³/mol. The molecule has 0 N–H and O–H groups in total. The van der Waals surface area contributed by atoms with Crippen molar-refractivity contribution in [1.82, 2.24) is 0 Å². The zero-order valence-corrected chi connectivity index (χ0v) is 11.4. The SMILES string of the molecule is CCCCCCCC(C)C(=O)OCC(C)C. The normalized spacial score (nSPS) is 12.8. The van der Waals surface area contributed by atoms with Crippen LogP contribution in [0.5, 0.6) is 0 Å². The maximum Gasteiger partial charge on any atom is 0.308 e. The summed E-state index contributed by atoms with van der Waals surface area (Å²) >= 11 is 0. The zero-order chi connectivity index (χ0) is 12.4. The summed E-state index contributed by atoms with van der Waals surface area (Å²) in [5, 5.41) is 0. The summed E-state index contributed by atoms with van der Waals surface area (Å²) < 4.78 is 5.20. The molecule has 0 bridgehead atoms. The van der Waals surface area contributed by atoms with Crippen molar-refractivity contribution in [2.45, 2.75) is 66.2 Å². The van der Waals surface area contributed by atoms with Crippen LogP contribution in [0.25, 0.3) is 0 Å². The second-order valence-electron chi connectivity index (χ2n) is 5.13. The summed E-state index contributed by atoms with van der Waals surface area (Å²) in [6, 6.07) is 0. The quantitative estimate of drug-likeness (QED) is 0.437. The molecule has 0 rings (SSSR count). The number of carbonyl (C=O) groups is 1. The molecular formula is C14H28O2. The third-order valence-corrected chi connectivity index (χ3v) is 2.70. The topological polar surface area (TPSA) is 26.3 Å². The van der Waals surface area contributed by atoms with E-state index in [9.17, 15) is 4.79 Å². The fraction of sp³-hybridized carbons (Fsp3) is 0.929. The van der Waals surface area contributed by atoms with Crippen molar-refractivity contribution in [3.05, 3.63) is 0 Å². The Labute approximate surface area is 101 Å². The van der Waals surface area contributed by atoms with Crippen LogP contribution in [0.1, 0.15) is 66.2 Å². The monoisotopic (exact) mass is 228 g/mol. The van der Waals surface area contributed by atoms with Crippen LogP contribution in [0.15, 0.2) is 0 Å². The number of hydrogen-bond donors (Lipinski definition) is 0. The minimum Gasteiger partial charge on any atom is -0.465 e. The molecule has 1 atom stereocenters. The molecule has 0 fully saturated rings. The van der Waals surface area contributed by atoms with Crippen LogP contribution in [-0.4, -0.2) is 12.6 Å². The Morgan fingerprint density at radius 2 is 1.69 bits per heavy atom. The molecule has 0 heterocycles. The van der Waals surface area contributed by atoms with Crippen LogP contribution in [0.4, 0.5) is 0 Å². The molecule has 0 saturated heterocycles. The van der Waals surface area contributed by atoms with Crippen LogP contribution in [-0.2, 0) is 9.53 Å². The Hall–Kier alpha value is -0.530. The highest BCUT2D eigenvalue weighted by atomic mass is 16.5. The number of hydrogen-bond acceptors (Lipinski definition) is 2. The molecule has 0 aromatic carbocycles. The molecule has 0 aliphatic carbocycles. The summed E-state index contributed by atoms with van der Waals surface area (Å²) in [7, 11) is 0. The summed E-state index contributed by atoms with van der Waals surface area (Å²) in [6.45, 7) is 8.86. The molecule has 96 valence electrons. The van der Waals surface area contributed by atoms with E-state index in [-0.39, 0.29) is 11.9 Å². The van der Waals surface area contributed by atoms with Gasteiger partial charge in [-0.05, 0) is 12.3 Å². The maximum atomic E-state index is 11.5. The summed E-state index contributed by atoms with van der Waals surface area (Å²) in [5.41, 5.74) is 0. The van der Waals surface area contributed by atoms with E-state index in [2.05, 4.69) is 20.8 Å². The highest BCUT2D eigenvalue weighted by Gasteiger charge is 2.14. The van der Waals surface area contributed by atoms with Gasteiger partial charge < -0.3 is 4.74 Å². The number of unbranched alkanes of at least 4 members (excludes halogenated alkanes) is 4. The van der Waals surface area contributed by atoms with Crippen LogP contribution in [0.2, 0.25) is 0 Å². The second-order valence-corrected chi connectivity index (χ2v) is 5.13. The molecule has 0 spiro atoms. The van der Waals surface area contributed by atoms with Gasteiger partial charge in [-0.2, -0.15) is 0 Å². The third kappa shape index (κ3) is 8.75. The van der Waals surface area contributed by atoms with Crippen molar-refractivity contribution in [2.75, 3.05) is 6.61 Å². The Balaban J connectivity index is 3.47. The van der Waals surface area contributed by atoms with Gasteiger partial charge in [0.05, 0.1) is 12.5 Å². The highest BCUT2D eigenvalue weighted by molar-refractivity contribution is 5.71. The van der Waals surface area contributed by atoms with Crippen molar-refractivity contribution in [2.24, 2.45) is 11.8 Å². The van der Waals surface area contributed by atoms with Crippen LogP contribution in [0, 0.1) is 11.8 Å². The van der Waals surface area contributed by atoms with Crippen molar-refractivity contribution >= 4 is 5.97 Å². The highest BCUT2D eigenvalue weighted by Crippen LogP contribution is 2.13. The Kier molecular flexibility index (Phi) is 9.36. The second kappa shape index (κ2) is 9.68. The van der Waals surface area contributed by atoms with E-state index in [0.29, 0.717) is 12.5 Å². The molecule has 0 radical (unpaired) electrons. The van der Waals surface area contributed by atoms with Gasteiger partial charge in [-0.15, -0.1) is 0 Å². The first-order valence-electron chi connectivity index (χ1n) is 6.74. The molecule has 0 amide bonds. The van der Waals surface area contributed by atoms with Gasteiger partial charge in [-0.1, -0.05) is 59.8 Å². The first-order valence-corrected chi connectivity index (χ1v) is 6.74. The van der Waals surface area contributed by atoms with E-state index in [1.807, 2.05) is 6.92 Å². The van der Waals surface area contributed by atoms with E-state index in [1.165, 1.54) is 25.7 Å². The van der Waals surface area contributed by atoms with E-state index >= 15 is 0 Å². The lowest BCUT2D eigenvalue weighted by atomic mass is 10.0. The first kappa shape index (κ1) is 15.5. The minimum atomic E-state index is -0.0239. The predicted octanol–water partition coefficient (Wildman–Crippen LogP) is 4.18. The molecule has 0 saturated carbocycles. The van der Waals surface area contributed by atoms with Gasteiger partial charge in [-0.25, -0.2) is 0 Å². The number of esters is 1. The van der Waals surface area contributed by atoms with Gasteiger partial charge in [0.15, 0.2) is 0 Å².